The Morgan fingerprint density at radius 3 is 2.59 bits per heavy atom. The van der Waals surface area contributed by atoms with Crippen molar-refractivity contribution in [1.29, 1.82) is 0 Å². The van der Waals surface area contributed by atoms with E-state index in [1.165, 1.54) is 0 Å². The monoisotopic (exact) mass is 272 g/mol. The molecule has 0 bridgehead atoms. The number of benzene rings is 1. The second-order valence-electron chi connectivity index (χ2n) is 4.31. The minimum absolute atomic E-state index is 0. The zero-order valence-electron chi connectivity index (χ0n) is 10.2. The van der Waals surface area contributed by atoms with Crippen molar-refractivity contribution in [3.8, 4) is 5.69 Å². The maximum absolute atomic E-state index is 4.35. The Labute approximate surface area is 112 Å². The first-order chi connectivity index (χ1) is 7.70. The fourth-order valence-electron chi connectivity index (χ4n) is 1.56. The number of para-hydroxylation sites is 1. The molecule has 17 heavy (non-hydrogen) atoms. The van der Waals surface area contributed by atoms with E-state index < -0.39 is 0 Å². The molecule has 0 amide bonds. The molecule has 0 aliphatic rings. The predicted octanol–water partition coefficient (Wildman–Crippen LogP) is 2.82. The van der Waals surface area contributed by atoms with Gasteiger partial charge in [0.2, 0.25) is 0 Å². The Morgan fingerprint density at radius 1 is 1.24 bits per heavy atom. The van der Waals surface area contributed by atoms with E-state index in [1.807, 2.05) is 28.9 Å². The molecular formula is C13H16N3Ni-. The first-order valence-corrected chi connectivity index (χ1v) is 5.57. The average Bonchev–Trinajstić information content (AvgIpc) is 2.77. The molecule has 1 unspecified atom stereocenters. The molecule has 1 aromatic heterocycles. The van der Waals surface area contributed by atoms with Gasteiger partial charge in [-0.1, -0.05) is 20.8 Å². The molecular weight excluding hydrogens is 257 g/mol. The van der Waals surface area contributed by atoms with Gasteiger partial charge >= 0.3 is 0 Å². The van der Waals surface area contributed by atoms with Gasteiger partial charge in [0.25, 0.3) is 0 Å². The molecule has 2 aromatic rings. The summed E-state index contributed by atoms with van der Waals surface area (Å²) in [6.07, 6.45) is 1.61. The Bertz CT molecular complexity index is 451. The number of hydrogen-bond donors (Lipinski definition) is 0. The molecule has 0 aliphatic heterocycles. The Balaban J connectivity index is 0.00000144. The molecule has 0 aliphatic carbocycles. The smallest absolute Gasteiger partial charge is 0.138 e. The van der Waals surface area contributed by atoms with Crippen LogP contribution in [0.3, 0.4) is 0 Å². The summed E-state index contributed by atoms with van der Waals surface area (Å²) in [5.41, 5.74) is 0.947. The summed E-state index contributed by atoms with van der Waals surface area (Å²) in [6.45, 7) is 6.56. The largest absolute Gasteiger partial charge is 0.242 e. The van der Waals surface area contributed by atoms with Crippen LogP contribution in [-0.2, 0) is 16.5 Å². The van der Waals surface area contributed by atoms with E-state index in [9.17, 15) is 0 Å². The van der Waals surface area contributed by atoms with Gasteiger partial charge in [-0.05, 0) is 11.6 Å². The van der Waals surface area contributed by atoms with Gasteiger partial charge in [0, 0.05) is 22.4 Å². The maximum atomic E-state index is 4.35. The van der Waals surface area contributed by atoms with Crippen molar-refractivity contribution in [3.05, 3.63) is 42.5 Å². The van der Waals surface area contributed by atoms with E-state index in [-0.39, 0.29) is 16.5 Å². The van der Waals surface area contributed by atoms with E-state index in [4.69, 9.17) is 0 Å². The van der Waals surface area contributed by atoms with Crippen LogP contribution >= 0.6 is 0 Å². The molecule has 0 radical (unpaired) electrons. The van der Waals surface area contributed by atoms with Crippen LogP contribution in [0, 0.1) is 12.0 Å². The van der Waals surface area contributed by atoms with Crippen LogP contribution < -0.4 is 0 Å². The zero-order valence-corrected chi connectivity index (χ0v) is 11.2. The van der Waals surface area contributed by atoms with Crippen molar-refractivity contribution in [2.75, 3.05) is 0 Å². The second kappa shape index (κ2) is 5.97. The molecule has 3 nitrogen and oxygen atoms in total. The minimum Gasteiger partial charge on any atom is -0.242 e. The second-order valence-corrected chi connectivity index (χ2v) is 4.31. The average molecular weight is 273 g/mol. The van der Waals surface area contributed by atoms with Gasteiger partial charge in [0.05, 0.1) is 0 Å². The maximum Gasteiger partial charge on any atom is 0.138 e. The molecule has 1 heterocycles. The SMILES string of the molecule is CC(C)C(C)c1ncnn1-c1[c-]cccc1.[Ni]. The van der Waals surface area contributed by atoms with Gasteiger partial charge < -0.3 is 0 Å². The molecule has 0 N–H and O–H groups in total. The van der Waals surface area contributed by atoms with Crippen molar-refractivity contribution in [2.24, 2.45) is 5.92 Å². The van der Waals surface area contributed by atoms with Gasteiger partial charge in [0.15, 0.2) is 0 Å². The summed E-state index contributed by atoms with van der Waals surface area (Å²) < 4.78 is 1.87. The Hall–Kier alpha value is -1.15. The van der Waals surface area contributed by atoms with Gasteiger partial charge in [-0.25, -0.2) is 9.67 Å². The Morgan fingerprint density at radius 2 is 2.00 bits per heavy atom. The molecule has 0 fully saturated rings. The standard InChI is InChI=1S/C13H16N3.Ni/c1-10(2)11(3)13-14-9-15-16(13)12-7-5-4-6-8-12;/h4-7,9-11H,1-3H3;/q-1;. The van der Waals surface area contributed by atoms with Crippen LogP contribution in [-0.4, -0.2) is 14.8 Å². The van der Waals surface area contributed by atoms with Crippen LogP contribution in [0.2, 0.25) is 0 Å². The van der Waals surface area contributed by atoms with Crippen LogP contribution in [0.15, 0.2) is 30.6 Å². The molecule has 0 saturated heterocycles. The third-order valence-electron chi connectivity index (χ3n) is 2.90. The fourth-order valence-corrected chi connectivity index (χ4v) is 1.56. The first-order valence-electron chi connectivity index (χ1n) is 5.57. The normalized spacial score (nSPS) is 12.2. The molecule has 94 valence electrons. The quantitative estimate of drug-likeness (QED) is 0.636. The van der Waals surface area contributed by atoms with Gasteiger partial charge in [-0.2, -0.15) is 29.4 Å². The van der Waals surface area contributed by atoms with Crippen molar-refractivity contribution >= 4 is 0 Å². The summed E-state index contributed by atoms with van der Waals surface area (Å²) >= 11 is 0. The van der Waals surface area contributed by atoms with E-state index >= 15 is 0 Å². The number of rotatable bonds is 3. The van der Waals surface area contributed by atoms with E-state index in [1.54, 1.807) is 6.33 Å². The Kier molecular flexibility index (Phi) is 4.89. The van der Waals surface area contributed by atoms with Crippen molar-refractivity contribution in [1.82, 2.24) is 14.8 Å². The van der Waals surface area contributed by atoms with E-state index in [0.29, 0.717) is 11.8 Å². The van der Waals surface area contributed by atoms with Crippen LogP contribution in [0.1, 0.15) is 32.5 Å². The van der Waals surface area contributed by atoms with Crippen molar-refractivity contribution in [2.45, 2.75) is 26.7 Å². The number of hydrogen-bond acceptors (Lipinski definition) is 2. The number of aromatic nitrogens is 3. The van der Waals surface area contributed by atoms with E-state index in [2.05, 4.69) is 36.9 Å². The fraction of sp³-hybridized carbons (Fsp3) is 0.385. The minimum atomic E-state index is 0. The van der Waals surface area contributed by atoms with Gasteiger partial charge in [-0.15, -0.1) is 6.07 Å². The van der Waals surface area contributed by atoms with Crippen molar-refractivity contribution < 1.29 is 16.5 Å². The van der Waals surface area contributed by atoms with E-state index in [0.717, 1.165) is 11.5 Å². The summed E-state index contributed by atoms with van der Waals surface area (Å²) in [7, 11) is 0. The predicted molar refractivity (Wildman–Crippen MR) is 63.4 cm³/mol. The van der Waals surface area contributed by atoms with Crippen LogP contribution in [0.5, 0.6) is 0 Å². The topological polar surface area (TPSA) is 30.7 Å². The molecule has 1 aromatic carbocycles. The van der Waals surface area contributed by atoms with Crippen molar-refractivity contribution in [3.63, 3.8) is 0 Å². The molecule has 4 heteroatoms. The molecule has 0 saturated carbocycles. The number of nitrogens with zero attached hydrogens (tertiary/aromatic N) is 3. The molecule has 0 spiro atoms. The third kappa shape index (κ3) is 2.95. The molecule has 1 atom stereocenters. The van der Waals surface area contributed by atoms with Gasteiger partial charge in [0.1, 0.15) is 12.2 Å². The summed E-state index contributed by atoms with van der Waals surface area (Å²) in [5, 5.41) is 4.26. The summed E-state index contributed by atoms with van der Waals surface area (Å²) in [4.78, 5) is 4.35. The zero-order chi connectivity index (χ0) is 11.5. The molecule has 2 rings (SSSR count). The van der Waals surface area contributed by atoms with Crippen LogP contribution in [0.25, 0.3) is 5.69 Å². The summed E-state index contributed by atoms with van der Waals surface area (Å²) in [6, 6.07) is 11.0. The first kappa shape index (κ1) is 13.9. The van der Waals surface area contributed by atoms with Gasteiger partial charge in [-0.3, -0.25) is 0 Å². The third-order valence-corrected chi connectivity index (χ3v) is 2.90. The summed E-state index contributed by atoms with van der Waals surface area (Å²) in [5.74, 6) is 1.93. The van der Waals surface area contributed by atoms with Crippen LogP contribution in [0.4, 0.5) is 0 Å².